The fourth-order valence-electron chi connectivity index (χ4n) is 6.47. The zero-order valence-corrected chi connectivity index (χ0v) is 16.7. The maximum absolute atomic E-state index is 13.4. The van der Waals surface area contributed by atoms with Crippen LogP contribution in [0.2, 0.25) is 0 Å². The summed E-state index contributed by atoms with van der Waals surface area (Å²) in [6.45, 7) is -0.310. The zero-order chi connectivity index (χ0) is 20.9. The van der Waals surface area contributed by atoms with E-state index >= 15 is 0 Å². The Bertz CT molecular complexity index is 1040. The normalized spacial score (nSPS) is 29.2. The molecule has 0 aliphatic heterocycles. The summed E-state index contributed by atoms with van der Waals surface area (Å²) < 4.78 is 14.5. The number of hydrogen-bond acceptors (Lipinski definition) is 4. The largest absolute Gasteiger partial charge is 0.289 e. The van der Waals surface area contributed by atoms with Gasteiger partial charge in [0.1, 0.15) is 12.4 Å². The average molecular weight is 412 g/mol. The zero-order valence-electron chi connectivity index (χ0n) is 16.7. The molecule has 30 heavy (non-hydrogen) atoms. The van der Waals surface area contributed by atoms with Gasteiger partial charge in [-0.1, -0.05) is 0 Å². The molecule has 158 valence electrons. The Balaban J connectivity index is 1.19. The van der Waals surface area contributed by atoms with Crippen LogP contribution in [0.4, 0.5) is 4.39 Å². The predicted molar refractivity (Wildman–Crippen MR) is 107 cm³/mol. The molecule has 2 amide bonds. The molecule has 4 saturated carbocycles. The van der Waals surface area contributed by atoms with Crippen LogP contribution >= 0.6 is 0 Å². The number of nitrogens with one attached hydrogen (secondary N) is 2. The van der Waals surface area contributed by atoms with Crippen molar-refractivity contribution in [2.75, 3.05) is 0 Å². The van der Waals surface area contributed by atoms with Crippen LogP contribution in [0.3, 0.4) is 0 Å². The van der Waals surface area contributed by atoms with Gasteiger partial charge in [0.15, 0.2) is 0 Å². The molecule has 0 spiro atoms. The minimum absolute atomic E-state index is 0.0901. The van der Waals surface area contributed by atoms with Crippen LogP contribution < -0.4 is 16.4 Å². The van der Waals surface area contributed by atoms with Crippen molar-refractivity contribution >= 4 is 22.7 Å². The number of nitrogens with zero attached hydrogens (tertiary/aromatic N) is 2. The molecule has 4 aliphatic carbocycles. The van der Waals surface area contributed by atoms with E-state index in [1.807, 2.05) is 0 Å². The number of carbonyl (C=O) groups is 2. The van der Waals surface area contributed by atoms with E-state index in [0.29, 0.717) is 11.9 Å². The first-order valence-corrected chi connectivity index (χ1v) is 10.6. The third kappa shape index (κ3) is 3.59. The monoisotopic (exact) mass is 412 g/mol. The highest BCUT2D eigenvalue weighted by Gasteiger charge is 2.51. The summed E-state index contributed by atoms with van der Waals surface area (Å²) in [6.07, 6.45) is 8.99. The summed E-state index contributed by atoms with van der Waals surface area (Å²) in [5, 5.41) is 0.108. The predicted octanol–water partition coefficient (Wildman–Crippen LogP) is 2.29. The molecule has 8 heteroatoms. The second kappa shape index (κ2) is 7.18. The van der Waals surface area contributed by atoms with Gasteiger partial charge in [0.2, 0.25) is 5.91 Å². The number of hydrogen-bond donors (Lipinski definition) is 2. The molecule has 4 fully saturated rings. The van der Waals surface area contributed by atoms with Crippen molar-refractivity contribution in [1.29, 1.82) is 0 Å². The number of fused-ring (bicyclic) bond motifs is 1. The van der Waals surface area contributed by atoms with E-state index in [9.17, 15) is 18.8 Å². The van der Waals surface area contributed by atoms with Crippen LogP contribution in [0.5, 0.6) is 0 Å². The molecule has 4 aliphatic rings. The third-order valence-electron chi connectivity index (χ3n) is 7.14. The van der Waals surface area contributed by atoms with Gasteiger partial charge in [0.25, 0.3) is 11.5 Å². The van der Waals surface area contributed by atoms with Crippen molar-refractivity contribution in [3.63, 3.8) is 0 Å². The summed E-state index contributed by atoms with van der Waals surface area (Å²) in [7, 11) is 0. The van der Waals surface area contributed by atoms with Gasteiger partial charge in [-0.3, -0.25) is 29.8 Å². The van der Waals surface area contributed by atoms with Gasteiger partial charge in [0, 0.05) is 6.42 Å². The highest BCUT2D eigenvalue weighted by Crippen LogP contribution is 2.61. The Morgan fingerprint density at radius 3 is 2.37 bits per heavy atom. The fraction of sp³-hybridized carbons (Fsp3) is 0.545. The van der Waals surface area contributed by atoms with E-state index in [1.54, 1.807) is 0 Å². The van der Waals surface area contributed by atoms with Crippen LogP contribution in [-0.2, 0) is 16.1 Å². The molecule has 0 radical (unpaired) electrons. The topological polar surface area (TPSA) is 93.1 Å². The third-order valence-corrected chi connectivity index (χ3v) is 7.14. The molecule has 6 rings (SSSR count). The lowest BCUT2D eigenvalue weighted by Gasteiger charge is -2.56. The molecule has 1 aromatic heterocycles. The van der Waals surface area contributed by atoms with E-state index in [0.717, 1.165) is 47.6 Å². The van der Waals surface area contributed by atoms with Crippen molar-refractivity contribution in [2.24, 2.45) is 23.2 Å². The SMILES string of the molecule is O=C(Cn1cnc2ccc(F)cc2c1=O)NNC(=O)CC12CC3CC(CC(C3)C1)C2. The molecule has 1 heterocycles. The highest BCUT2D eigenvalue weighted by molar-refractivity contribution is 5.82. The van der Waals surface area contributed by atoms with Crippen LogP contribution in [0, 0.1) is 29.0 Å². The average Bonchev–Trinajstić information content (AvgIpc) is 2.67. The summed E-state index contributed by atoms with van der Waals surface area (Å²) >= 11 is 0. The second-order valence-electron chi connectivity index (χ2n) is 9.53. The lowest BCUT2D eigenvalue weighted by Crippen LogP contribution is -2.50. The molecule has 4 bridgehead atoms. The second-order valence-corrected chi connectivity index (χ2v) is 9.53. The molecule has 2 aromatic rings. The van der Waals surface area contributed by atoms with Crippen molar-refractivity contribution in [1.82, 2.24) is 20.4 Å². The maximum atomic E-state index is 13.4. The summed E-state index contributed by atoms with van der Waals surface area (Å²) in [5.74, 6) is 1.02. The molecule has 1 aromatic carbocycles. The Morgan fingerprint density at radius 2 is 1.70 bits per heavy atom. The number of rotatable bonds is 4. The van der Waals surface area contributed by atoms with Crippen LogP contribution in [0.25, 0.3) is 10.9 Å². The summed E-state index contributed by atoms with van der Waals surface area (Å²) in [5.41, 5.74) is 4.86. The van der Waals surface area contributed by atoms with Crippen LogP contribution in [0.1, 0.15) is 44.9 Å². The maximum Gasteiger partial charge on any atom is 0.261 e. The highest BCUT2D eigenvalue weighted by atomic mass is 19.1. The first-order valence-electron chi connectivity index (χ1n) is 10.6. The Labute approximate surface area is 173 Å². The van der Waals surface area contributed by atoms with Crippen molar-refractivity contribution in [3.8, 4) is 0 Å². The van der Waals surface area contributed by atoms with Gasteiger partial charge >= 0.3 is 0 Å². The number of halogens is 1. The van der Waals surface area contributed by atoms with Gasteiger partial charge in [-0.2, -0.15) is 0 Å². The standard InChI is InChI=1S/C22H25FN4O3/c23-16-1-2-18-17(6-16)21(30)27(12-24-18)11-20(29)26-25-19(28)10-22-7-13-3-14(8-22)5-15(4-13)9-22/h1-2,6,12-15H,3-5,7-11H2,(H,25,28)(H,26,29). The molecular formula is C22H25FN4O3. The smallest absolute Gasteiger partial charge is 0.261 e. The van der Waals surface area contributed by atoms with Crippen molar-refractivity contribution < 1.29 is 14.0 Å². The van der Waals surface area contributed by atoms with E-state index in [2.05, 4.69) is 15.8 Å². The first kappa shape index (κ1) is 19.2. The van der Waals surface area contributed by atoms with Crippen molar-refractivity contribution in [2.45, 2.75) is 51.5 Å². The Hall–Kier alpha value is -2.77. The molecule has 0 unspecified atom stereocenters. The van der Waals surface area contributed by atoms with Gasteiger partial charge in [0.05, 0.1) is 17.2 Å². The molecule has 0 atom stereocenters. The van der Waals surface area contributed by atoms with Crippen LogP contribution in [0.15, 0.2) is 29.3 Å². The van der Waals surface area contributed by atoms with E-state index in [-0.39, 0.29) is 23.3 Å². The molecule has 2 N–H and O–H groups in total. The Morgan fingerprint density at radius 1 is 1.07 bits per heavy atom. The van der Waals surface area contributed by atoms with E-state index in [1.165, 1.54) is 37.7 Å². The lowest BCUT2D eigenvalue weighted by molar-refractivity contribution is -0.134. The molecule has 0 saturated heterocycles. The van der Waals surface area contributed by atoms with Crippen LogP contribution in [-0.4, -0.2) is 21.4 Å². The summed E-state index contributed by atoms with van der Waals surface area (Å²) in [6, 6.07) is 3.75. The van der Waals surface area contributed by atoms with Gasteiger partial charge in [-0.15, -0.1) is 0 Å². The fourth-order valence-corrected chi connectivity index (χ4v) is 6.47. The lowest BCUT2D eigenvalue weighted by atomic mass is 9.49. The minimum atomic E-state index is -0.541. The number of amides is 2. The Kier molecular flexibility index (Phi) is 4.60. The summed E-state index contributed by atoms with van der Waals surface area (Å²) in [4.78, 5) is 41.3. The quantitative estimate of drug-likeness (QED) is 0.754. The van der Waals surface area contributed by atoms with E-state index in [4.69, 9.17) is 0 Å². The van der Waals surface area contributed by atoms with Gasteiger partial charge in [-0.05, 0) is 79.9 Å². The molecule has 7 nitrogen and oxygen atoms in total. The van der Waals surface area contributed by atoms with Gasteiger partial charge < -0.3 is 0 Å². The minimum Gasteiger partial charge on any atom is -0.289 e. The van der Waals surface area contributed by atoms with Gasteiger partial charge in [-0.25, -0.2) is 9.37 Å². The number of carbonyl (C=O) groups excluding carboxylic acids is 2. The first-order chi connectivity index (χ1) is 14.4. The van der Waals surface area contributed by atoms with Crippen molar-refractivity contribution in [3.05, 3.63) is 40.7 Å². The molecular weight excluding hydrogens is 387 g/mol. The number of hydrazine groups is 1. The number of aromatic nitrogens is 2. The number of benzene rings is 1. The van der Waals surface area contributed by atoms with E-state index < -0.39 is 17.3 Å².